The normalized spacial score (nSPS) is 17.6. The first-order chi connectivity index (χ1) is 17.1. The number of halogens is 3. The first kappa shape index (κ1) is 24.6. The number of para-hydroxylation sites is 1. The first-order valence-corrected chi connectivity index (χ1v) is 10.5. The number of aromatic hydroxyl groups is 1. The minimum atomic E-state index is -5.25. The molecule has 1 heterocycles. The number of ether oxygens (including phenoxy) is 2. The molecule has 36 heavy (non-hydrogen) atoms. The number of esters is 1. The largest absolute Gasteiger partial charge is 0.508 e. The van der Waals surface area contributed by atoms with Crippen LogP contribution in [0, 0.1) is 0 Å². The third-order valence-corrected chi connectivity index (χ3v) is 5.65. The lowest BCUT2D eigenvalue weighted by Crippen LogP contribution is -2.45. The smallest absolute Gasteiger partial charge is 0.490 e. The second-order valence-electron chi connectivity index (χ2n) is 7.77. The van der Waals surface area contributed by atoms with Crippen LogP contribution in [0.2, 0.25) is 0 Å². The Kier molecular flexibility index (Phi) is 6.32. The van der Waals surface area contributed by atoms with Crippen molar-refractivity contribution >= 4 is 17.8 Å². The van der Waals surface area contributed by atoms with E-state index in [1.165, 1.54) is 31.4 Å². The molecule has 186 valence electrons. The van der Waals surface area contributed by atoms with Gasteiger partial charge in [-0.05, 0) is 23.3 Å². The van der Waals surface area contributed by atoms with Gasteiger partial charge < -0.3 is 20.3 Å². The van der Waals surface area contributed by atoms with Crippen molar-refractivity contribution in [2.75, 3.05) is 13.8 Å². The number of methoxy groups -OCH3 is 1. The molecule has 3 aromatic carbocycles. The van der Waals surface area contributed by atoms with Crippen LogP contribution in [0.4, 0.5) is 13.2 Å². The van der Waals surface area contributed by atoms with E-state index in [-0.39, 0.29) is 22.6 Å². The van der Waals surface area contributed by atoms with Crippen LogP contribution in [0.1, 0.15) is 11.1 Å². The van der Waals surface area contributed by atoms with Gasteiger partial charge in [0, 0.05) is 11.1 Å². The summed E-state index contributed by atoms with van der Waals surface area (Å²) in [5.41, 5.74) is 5.97. The van der Waals surface area contributed by atoms with Gasteiger partial charge in [-0.25, -0.2) is 14.7 Å². The summed E-state index contributed by atoms with van der Waals surface area (Å²) in [5, 5.41) is 9.79. The Morgan fingerprint density at radius 2 is 1.72 bits per heavy atom. The Hall–Kier alpha value is -4.54. The van der Waals surface area contributed by atoms with E-state index in [2.05, 4.69) is 9.73 Å². The Balaban J connectivity index is 1.88. The van der Waals surface area contributed by atoms with E-state index in [0.29, 0.717) is 10.5 Å². The van der Waals surface area contributed by atoms with E-state index in [1.54, 1.807) is 18.2 Å². The SMILES string of the molecule is COc1c(-c2ccccc2)cccc1C1(c2ccc(O)cc2)N=C(N)N(COC(=O)C(F)(F)F)C1=O. The molecule has 1 amide bonds. The van der Waals surface area contributed by atoms with Crippen LogP contribution in [-0.2, 0) is 19.9 Å². The average molecular weight is 499 g/mol. The molecule has 0 bridgehead atoms. The van der Waals surface area contributed by atoms with Crippen molar-refractivity contribution in [3.05, 3.63) is 83.9 Å². The number of hydrogen-bond donors (Lipinski definition) is 2. The van der Waals surface area contributed by atoms with E-state index in [9.17, 15) is 27.9 Å². The quantitative estimate of drug-likeness (QED) is 0.502. The van der Waals surface area contributed by atoms with E-state index in [4.69, 9.17) is 10.5 Å². The molecule has 4 rings (SSSR count). The highest BCUT2D eigenvalue weighted by Crippen LogP contribution is 2.47. The van der Waals surface area contributed by atoms with Gasteiger partial charge in [0.2, 0.25) is 5.96 Å². The fourth-order valence-corrected chi connectivity index (χ4v) is 4.02. The second kappa shape index (κ2) is 9.25. The van der Waals surface area contributed by atoms with Gasteiger partial charge in [0.1, 0.15) is 11.5 Å². The molecule has 3 aromatic rings. The second-order valence-corrected chi connectivity index (χ2v) is 7.77. The maximum Gasteiger partial charge on any atom is 0.490 e. The van der Waals surface area contributed by atoms with Crippen LogP contribution in [0.25, 0.3) is 11.1 Å². The summed E-state index contributed by atoms with van der Waals surface area (Å²) >= 11 is 0. The molecule has 0 spiro atoms. The maximum atomic E-state index is 13.8. The number of rotatable bonds is 6. The zero-order valence-corrected chi connectivity index (χ0v) is 18.8. The van der Waals surface area contributed by atoms with Gasteiger partial charge in [0.05, 0.1) is 7.11 Å². The molecule has 0 aromatic heterocycles. The Labute approximate surface area is 203 Å². The molecular weight excluding hydrogens is 479 g/mol. The molecule has 1 aliphatic heterocycles. The maximum absolute atomic E-state index is 13.8. The fourth-order valence-electron chi connectivity index (χ4n) is 4.02. The fraction of sp³-hybridized carbons (Fsp3) is 0.160. The summed E-state index contributed by atoms with van der Waals surface area (Å²) < 4.78 is 48.0. The Morgan fingerprint density at radius 3 is 2.33 bits per heavy atom. The standard InChI is InChI=1S/C25H20F3N3O5/c1-35-20-18(15-6-3-2-4-7-15)8-5-9-19(20)24(16-10-12-17(32)13-11-16)21(33)31(23(29)30-24)14-36-22(34)25(26,27)28/h2-13,32H,14H2,1H3,(H2,29,30). The van der Waals surface area contributed by atoms with Crippen molar-refractivity contribution in [3.8, 4) is 22.6 Å². The van der Waals surface area contributed by atoms with E-state index < -0.39 is 36.3 Å². The zero-order valence-electron chi connectivity index (χ0n) is 18.8. The number of benzene rings is 3. The molecular formula is C25H20F3N3O5. The van der Waals surface area contributed by atoms with Crippen LogP contribution >= 0.6 is 0 Å². The third-order valence-electron chi connectivity index (χ3n) is 5.65. The highest BCUT2D eigenvalue weighted by atomic mass is 19.4. The van der Waals surface area contributed by atoms with Crippen LogP contribution in [0.3, 0.4) is 0 Å². The summed E-state index contributed by atoms with van der Waals surface area (Å²) in [4.78, 5) is 30.1. The van der Waals surface area contributed by atoms with Gasteiger partial charge in [0.15, 0.2) is 12.3 Å². The zero-order chi connectivity index (χ0) is 26.1. The number of nitrogens with two attached hydrogens (primary N) is 1. The molecule has 8 nitrogen and oxygen atoms in total. The van der Waals surface area contributed by atoms with Gasteiger partial charge in [-0.15, -0.1) is 0 Å². The number of carbonyl (C=O) groups excluding carboxylic acids is 2. The van der Waals surface area contributed by atoms with Crippen molar-refractivity contribution < 1.29 is 37.3 Å². The molecule has 0 fully saturated rings. The topological polar surface area (TPSA) is 114 Å². The van der Waals surface area contributed by atoms with Crippen LogP contribution in [0.15, 0.2) is 77.8 Å². The number of guanidine groups is 1. The number of aliphatic imine (C=N–C) groups is 1. The molecule has 0 aliphatic carbocycles. The number of phenols is 1. The number of carbonyl (C=O) groups is 2. The molecule has 11 heteroatoms. The van der Waals surface area contributed by atoms with Crippen LogP contribution in [-0.4, -0.2) is 47.9 Å². The molecule has 1 atom stereocenters. The summed E-state index contributed by atoms with van der Waals surface area (Å²) in [5.74, 6) is -3.62. The monoisotopic (exact) mass is 499 g/mol. The van der Waals surface area contributed by atoms with E-state index >= 15 is 0 Å². The molecule has 3 N–H and O–H groups in total. The number of alkyl halides is 3. The molecule has 0 saturated heterocycles. The van der Waals surface area contributed by atoms with Gasteiger partial charge >= 0.3 is 12.1 Å². The lowest BCUT2D eigenvalue weighted by atomic mass is 9.81. The lowest BCUT2D eigenvalue weighted by Gasteiger charge is -2.29. The summed E-state index contributed by atoms with van der Waals surface area (Å²) in [7, 11) is 1.41. The number of nitrogens with zero attached hydrogens (tertiary/aromatic N) is 2. The van der Waals surface area contributed by atoms with Gasteiger partial charge in [-0.2, -0.15) is 13.2 Å². The van der Waals surface area contributed by atoms with Crippen LogP contribution < -0.4 is 10.5 Å². The van der Waals surface area contributed by atoms with Crippen LogP contribution in [0.5, 0.6) is 11.5 Å². The van der Waals surface area contributed by atoms with Gasteiger partial charge in [0.25, 0.3) is 5.91 Å². The van der Waals surface area contributed by atoms with Gasteiger partial charge in [-0.1, -0.05) is 60.7 Å². The molecule has 0 saturated carbocycles. The molecule has 1 aliphatic rings. The predicted molar refractivity (Wildman–Crippen MR) is 123 cm³/mol. The predicted octanol–water partition coefficient (Wildman–Crippen LogP) is 3.53. The van der Waals surface area contributed by atoms with Crippen molar-refractivity contribution in [3.63, 3.8) is 0 Å². The number of amides is 1. The summed E-state index contributed by atoms with van der Waals surface area (Å²) in [6, 6.07) is 19.7. The molecule has 0 radical (unpaired) electrons. The average Bonchev–Trinajstić information content (AvgIpc) is 3.12. The lowest BCUT2D eigenvalue weighted by molar-refractivity contribution is -0.202. The van der Waals surface area contributed by atoms with Crippen molar-refractivity contribution in [1.82, 2.24) is 4.90 Å². The number of hydrogen-bond acceptors (Lipinski definition) is 7. The minimum Gasteiger partial charge on any atom is -0.508 e. The Morgan fingerprint density at radius 1 is 1.06 bits per heavy atom. The van der Waals surface area contributed by atoms with E-state index in [1.807, 2.05) is 30.3 Å². The van der Waals surface area contributed by atoms with Crippen molar-refractivity contribution in [2.45, 2.75) is 11.7 Å². The first-order valence-electron chi connectivity index (χ1n) is 10.5. The number of phenolic OH excluding ortho intramolecular Hbond substituents is 1. The Bertz CT molecular complexity index is 1330. The third kappa shape index (κ3) is 4.19. The molecule has 1 unspecified atom stereocenters. The van der Waals surface area contributed by atoms with Gasteiger partial charge in [-0.3, -0.25) is 4.79 Å². The van der Waals surface area contributed by atoms with Crippen molar-refractivity contribution in [1.29, 1.82) is 0 Å². The minimum absolute atomic E-state index is 0.0859. The summed E-state index contributed by atoms with van der Waals surface area (Å²) in [6.45, 7) is -1.10. The highest BCUT2D eigenvalue weighted by molar-refractivity contribution is 6.09. The summed E-state index contributed by atoms with van der Waals surface area (Å²) in [6.07, 6.45) is -5.25. The highest BCUT2D eigenvalue weighted by Gasteiger charge is 2.53. The van der Waals surface area contributed by atoms with Crippen molar-refractivity contribution in [2.24, 2.45) is 10.7 Å². The van der Waals surface area contributed by atoms with E-state index in [0.717, 1.165) is 5.56 Å².